The molecule has 4 heteroatoms. The van der Waals surface area contributed by atoms with Gasteiger partial charge in [0.15, 0.2) is 0 Å². The van der Waals surface area contributed by atoms with Gasteiger partial charge in [-0.1, -0.05) is 13.8 Å². The van der Waals surface area contributed by atoms with E-state index in [1.165, 1.54) is 4.88 Å². The monoisotopic (exact) mass is 306 g/mol. The van der Waals surface area contributed by atoms with Crippen LogP contribution in [0.3, 0.4) is 0 Å². The summed E-state index contributed by atoms with van der Waals surface area (Å²) in [6, 6.07) is 4.06. The van der Waals surface area contributed by atoms with E-state index in [4.69, 9.17) is 4.74 Å². The highest BCUT2D eigenvalue weighted by molar-refractivity contribution is 9.11. The summed E-state index contributed by atoms with van der Waals surface area (Å²) < 4.78 is 6.62. The normalized spacial score (nSPS) is 14.1. The molecule has 0 bridgehead atoms. The van der Waals surface area contributed by atoms with E-state index in [-0.39, 0.29) is 0 Å². The predicted octanol–water partition coefficient (Wildman–Crippen LogP) is 3.62. The van der Waals surface area contributed by atoms with Crippen molar-refractivity contribution in [2.75, 3.05) is 7.11 Å². The highest BCUT2D eigenvalue weighted by Gasteiger charge is 2.34. The first kappa shape index (κ1) is 14.2. The lowest BCUT2D eigenvalue weighted by molar-refractivity contribution is -0.106. The lowest BCUT2D eigenvalue weighted by Crippen LogP contribution is -2.44. The topological polar surface area (TPSA) is 29.5 Å². The molecular formula is C12H19BrO2S. The predicted molar refractivity (Wildman–Crippen MR) is 72.1 cm³/mol. The van der Waals surface area contributed by atoms with E-state index in [1.807, 2.05) is 12.1 Å². The summed E-state index contributed by atoms with van der Waals surface area (Å²) in [6.45, 7) is 4.11. The van der Waals surface area contributed by atoms with Crippen molar-refractivity contribution in [3.05, 3.63) is 20.8 Å². The second-order valence-corrected chi connectivity index (χ2v) is 6.45. The molecule has 0 aliphatic heterocycles. The summed E-state index contributed by atoms with van der Waals surface area (Å²) in [6.07, 6.45) is 1.87. The molecule has 0 saturated heterocycles. The maximum atomic E-state index is 10.3. The molecule has 1 unspecified atom stereocenters. The Bertz CT molecular complexity index is 312. The summed E-state index contributed by atoms with van der Waals surface area (Å²) in [7, 11) is 1.68. The van der Waals surface area contributed by atoms with Gasteiger partial charge in [0.05, 0.1) is 15.5 Å². The van der Waals surface area contributed by atoms with E-state index in [9.17, 15) is 5.11 Å². The molecule has 1 rings (SSSR count). The van der Waals surface area contributed by atoms with E-state index >= 15 is 0 Å². The van der Waals surface area contributed by atoms with E-state index in [1.54, 1.807) is 18.4 Å². The van der Waals surface area contributed by atoms with Crippen molar-refractivity contribution >= 4 is 27.3 Å². The van der Waals surface area contributed by atoms with Gasteiger partial charge in [-0.3, -0.25) is 0 Å². The quantitative estimate of drug-likeness (QED) is 0.870. The smallest absolute Gasteiger partial charge is 0.0934 e. The van der Waals surface area contributed by atoms with Gasteiger partial charge in [-0.25, -0.2) is 0 Å². The second kappa shape index (κ2) is 6.15. The molecule has 1 aromatic heterocycles. The third-order valence-corrected chi connectivity index (χ3v) is 4.88. The zero-order valence-corrected chi connectivity index (χ0v) is 12.4. The standard InChI is InChI=1S/C12H19BrO2S/c1-4-12(5-2,15-3)10(14)8-9-6-7-11(13)16-9/h6-7,10,14H,4-5,8H2,1-3H3. The Balaban J connectivity index is 2.72. The minimum atomic E-state index is -0.446. The molecule has 0 saturated carbocycles. The minimum absolute atomic E-state index is 0.406. The number of halogens is 1. The number of rotatable bonds is 6. The molecule has 0 amide bonds. The van der Waals surface area contributed by atoms with Gasteiger partial charge in [-0.15, -0.1) is 11.3 Å². The molecule has 0 spiro atoms. The van der Waals surface area contributed by atoms with Gasteiger partial charge in [0, 0.05) is 18.4 Å². The summed E-state index contributed by atoms with van der Waals surface area (Å²) in [5.41, 5.74) is -0.406. The average Bonchev–Trinajstić information content (AvgIpc) is 2.67. The minimum Gasteiger partial charge on any atom is -0.390 e. The Morgan fingerprint density at radius 1 is 1.44 bits per heavy atom. The number of ether oxygens (including phenoxy) is 1. The van der Waals surface area contributed by atoms with Gasteiger partial charge in [0.1, 0.15) is 0 Å². The van der Waals surface area contributed by atoms with Crippen molar-refractivity contribution in [1.82, 2.24) is 0 Å². The van der Waals surface area contributed by atoms with Gasteiger partial charge < -0.3 is 9.84 Å². The Hall–Kier alpha value is 0.1000. The van der Waals surface area contributed by atoms with Crippen LogP contribution >= 0.6 is 27.3 Å². The van der Waals surface area contributed by atoms with E-state index in [0.29, 0.717) is 6.42 Å². The number of hydrogen-bond acceptors (Lipinski definition) is 3. The van der Waals surface area contributed by atoms with Crippen LogP contribution < -0.4 is 0 Å². The van der Waals surface area contributed by atoms with Gasteiger partial charge in [-0.2, -0.15) is 0 Å². The van der Waals surface area contributed by atoms with Crippen LogP contribution in [0.25, 0.3) is 0 Å². The zero-order valence-electron chi connectivity index (χ0n) is 10.00. The maximum absolute atomic E-state index is 10.3. The molecule has 0 aromatic carbocycles. The fourth-order valence-corrected chi connectivity index (χ4v) is 3.50. The molecule has 1 atom stereocenters. The third-order valence-electron chi connectivity index (χ3n) is 3.23. The van der Waals surface area contributed by atoms with Crippen LogP contribution in [-0.4, -0.2) is 23.9 Å². The molecule has 16 heavy (non-hydrogen) atoms. The van der Waals surface area contributed by atoms with Crippen LogP contribution in [0.4, 0.5) is 0 Å². The SMILES string of the molecule is CCC(CC)(OC)C(O)Cc1ccc(Br)s1. The molecule has 1 heterocycles. The molecule has 0 fully saturated rings. The van der Waals surface area contributed by atoms with Crippen LogP contribution in [0.5, 0.6) is 0 Å². The maximum Gasteiger partial charge on any atom is 0.0934 e. The number of methoxy groups -OCH3 is 1. The van der Waals surface area contributed by atoms with Crippen molar-refractivity contribution in [1.29, 1.82) is 0 Å². The molecule has 0 radical (unpaired) electrons. The van der Waals surface area contributed by atoms with Crippen LogP contribution in [0.2, 0.25) is 0 Å². The first-order chi connectivity index (χ1) is 7.57. The first-order valence-electron chi connectivity index (χ1n) is 5.55. The van der Waals surface area contributed by atoms with E-state index in [0.717, 1.165) is 16.6 Å². The van der Waals surface area contributed by atoms with Crippen LogP contribution in [-0.2, 0) is 11.2 Å². The molecule has 1 N–H and O–H groups in total. The number of thiophene rings is 1. The van der Waals surface area contributed by atoms with Crippen molar-refractivity contribution in [3.8, 4) is 0 Å². The largest absolute Gasteiger partial charge is 0.390 e. The first-order valence-corrected chi connectivity index (χ1v) is 7.16. The highest BCUT2D eigenvalue weighted by atomic mass is 79.9. The van der Waals surface area contributed by atoms with E-state index in [2.05, 4.69) is 29.8 Å². The second-order valence-electron chi connectivity index (χ2n) is 3.90. The lowest BCUT2D eigenvalue weighted by Gasteiger charge is -2.35. The number of hydrogen-bond donors (Lipinski definition) is 1. The summed E-state index contributed by atoms with van der Waals surface area (Å²) >= 11 is 5.09. The Labute approximate surface area is 110 Å². The summed E-state index contributed by atoms with van der Waals surface area (Å²) in [5, 5.41) is 10.3. The van der Waals surface area contributed by atoms with Crippen molar-refractivity contribution in [3.63, 3.8) is 0 Å². The fourth-order valence-electron chi connectivity index (χ4n) is 1.98. The Kier molecular flexibility index (Phi) is 5.44. The van der Waals surface area contributed by atoms with Gasteiger partial charge in [0.25, 0.3) is 0 Å². The fraction of sp³-hybridized carbons (Fsp3) is 0.667. The Morgan fingerprint density at radius 2 is 2.06 bits per heavy atom. The van der Waals surface area contributed by atoms with Crippen LogP contribution in [0.1, 0.15) is 31.6 Å². The van der Waals surface area contributed by atoms with Crippen LogP contribution in [0, 0.1) is 0 Å². The molecule has 0 aliphatic carbocycles. The summed E-state index contributed by atoms with van der Waals surface area (Å²) in [5.74, 6) is 0. The average molecular weight is 307 g/mol. The highest BCUT2D eigenvalue weighted by Crippen LogP contribution is 2.29. The molecule has 2 nitrogen and oxygen atoms in total. The molecular weight excluding hydrogens is 288 g/mol. The summed E-state index contributed by atoms with van der Waals surface area (Å²) in [4.78, 5) is 1.18. The number of aliphatic hydroxyl groups excluding tert-OH is 1. The van der Waals surface area contributed by atoms with Crippen molar-refractivity contribution < 1.29 is 9.84 Å². The molecule has 0 aliphatic rings. The van der Waals surface area contributed by atoms with Crippen molar-refractivity contribution in [2.45, 2.75) is 44.8 Å². The third kappa shape index (κ3) is 3.06. The number of aliphatic hydroxyl groups is 1. The molecule has 92 valence electrons. The van der Waals surface area contributed by atoms with Gasteiger partial charge in [-0.05, 0) is 40.9 Å². The van der Waals surface area contributed by atoms with Gasteiger partial charge >= 0.3 is 0 Å². The van der Waals surface area contributed by atoms with Gasteiger partial charge in [0.2, 0.25) is 0 Å². The zero-order chi connectivity index (χ0) is 12.2. The Morgan fingerprint density at radius 3 is 2.44 bits per heavy atom. The molecule has 1 aromatic rings. The van der Waals surface area contributed by atoms with Crippen LogP contribution in [0.15, 0.2) is 15.9 Å². The van der Waals surface area contributed by atoms with Crippen molar-refractivity contribution in [2.24, 2.45) is 0 Å². The van der Waals surface area contributed by atoms with E-state index < -0.39 is 11.7 Å². The lowest BCUT2D eigenvalue weighted by atomic mass is 9.88.